The van der Waals surface area contributed by atoms with Gasteiger partial charge in [-0.2, -0.15) is 0 Å². The van der Waals surface area contributed by atoms with Crippen LogP contribution >= 0.6 is 0 Å². The van der Waals surface area contributed by atoms with Crippen LogP contribution in [0.5, 0.6) is 11.5 Å². The minimum atomic E-state index is 0.240. The first kappa shape index (κ1) is 10.2. The maximum Gasteiger partial charge on any atom is 0.298 e. The zero-order valence-corrected chi connectivity index (χ0v) is 8.46. The minimum Gasteiger partial charge on any atom is -0.508 e. The lowest BCUT2D eigenvalue weighted by Gasteiger charge is -2.03. The van der Waals surface area contributed by atoms with Crippen molar-refractivity contribution in [3.05, 3.63) is 48.5 Å². The summed E-state index contributed by atoms with van der Waals surface area (Å²) in [4.78, 5) is 10.1. The van der Waals surface area contributed by atoms with Gasteiger partial charge in [-0.05, 0) is 35.4 Å². The van der Waals surface area contributed by atoms with Crippen molar-refractivity contribution in [1.29, 1.82) is 0 Å². The fourth-order valence-electron chi connectivity index (χ4n) is 1.44. The molecule has 16 heavy (non-hydrogen) atoms. The molecule has 2 aromatic rings. The first-order valence-corrected chi connectivity index (χ1v) is 4.79. The molecule has 0 aromatic heterocycles. The summed E-state index contributed by atoms with van der Waals surface area (Å²) < 4.78 is 4.70. The van der Waals surface area contributed by atoms with Gasteiger partial charge < -0.3 is 9.84 Å². The molecule has 0 fully saturated rings. The topological polar surface area (TPSA) is 46.5 Å². The first-order valence-electron chi connectivity index (χ1n) is 4.79. The molecule has 80 valence electrons. The van der Waals surface area contributed by atoms with Gasteiger partial charge in [0.2, 0.25) is 0 Å². The summed E-state index contributed by atoms with van der Waals surface area (Å²) in [6, 6.07) is 14.1. The SMILES string of the molecule is O=COc1ccc(-c2ccc(O)cc2)cc1. The van der Waals surface area contributed by atoms with Gasteiger partial charge >= 0.3 is 0 Å². The molecule has 0 aliphatic rings. The van der Waals surface area contributed by atoms with Crippen LogP contribution in [0.1, 0.15) is 0 Å². The fraction of sp³-hybridized carbons (Fsp3) is 0. The predicted octanol–water partition coefficient (Wildman–Crippen LogP) is 2.59. The van der Waals surface area contributed by atoms with E-state index in [2.05, 4.69) is 0 Å². The summed E-state index contributed by atoms with van der Waals surface area (Å²) >= 11 is 0. The highest BCUT2D eigenvalue weighted by atomic mass is 16.5. The van der Waals surface area contributed by atoms with Crippen LogP contribution in [0.15, 0.2) is 48.5 Å². The molecule has 0 radical (unpaired) electrons. The summed E-state index contributed by atoms with van der Waals surface area (Å²) in [7, 11) is 0. The number of benzene rings is 2. The average Bonchev–Trinajstić information content (AvgIpc) is 2.32. The summed E-state index contributed by atoms with van der Waals surface area (Å²) in [5.41, 5.74) is 1.99. The Morgan fingerprint density at radius 2 is 1.38 bits per heavy atom. The monoisotopic (exact) mass is 214 g/mol. The minimum absolute atomic E-state index is 0.240. The van der Waals surface area contributed by atoms with Gasteiger partial charge in [-0.25, -0.2) is 0 Å². The van der Waals surface area contributed by atoms with Gasteiger partial charge in [-0.1, -0.05) is 24.3 Å². The number of hydrogen-bond donors (Lipinski definition) is 1. The molecule has 2 aromatic carbocycles. The first-order chi connectivity index (χ1) is 7.79. The van der Waals surface area contributed by atoms with Crippen LogP contribution in [0.4, 0.5) is 0 Å². The number of aromatic hydroxyl groups is 1. The molecule has 0 amide bonds. The molecule has 0 aliphatic heterocycles. The second-order valence-corrected chi connectivity index (χ2v) is 3.29. The molecular weight excluding hydrogens is 204 g/mol. The van der Waals surface area contributed by atoms with E-state index in [-0.39, 0.29) is 5.75 Å². The van der Waals surface area contributed by atoms with E-state index >= 15 is 0 Å². The van der Waals surface area contributed by atoms with E-state index in [1.807, 2.05) is 24.3 Å². The fourth-order valence-corrected chi connectivity index (χ4v) is 1.44. The Hall–Kier alpha value is -2.29. The van der Waals surface area contributed by atoms with Gasteiger partial charge in [0.15, 0.2) is 0 Å². The van der Waals surface area contributed by atoms with Crippen LogP contribution < -0.4 is 4.74 Å². The zero-order valence-electron chi connectivity index (χ0n) is 8.46. The Morgan fingerprint density at radius 3 is 1.88 bits per heavy atom. The summed E-state index contributed by atoms with van der Waals surface area (Å²) in [5.74, 6) is 0.752. The van der Waals surface area contributed by atoms with Crippen LogP contribution in [0.2, 0.25) is 0 Å². The van der Waals surface area contributed by atoms with E-state index in [1.165, 1.54) is 0 Å². The van der Waals surface area contributed by atoms with Crippen molar-refractivity contribution in [3.8, 4) is 22.6 Å². The number of carbonyl (C=O) groups excluding carboxylic acids is 1. The highest BCUT2D eigenvalue weighted by Crippen LogP contribution is 2.23. The van der Waals surface area contributed by atoms with Crippen molar-refractivity contribution in [2.45, 2.75) is 0 Å². The number of carbonyl (C=O) groups is 1. The van der Waals surface area contributed by atoms with Crippen molar-refractivity contribution in [3.63, 3.8) is 0 Å². The van der Waals surface area contributed by atoms with Gasteiger partial charge in [-0.3, -0.25) is 4.79 Å². The smallest absolute Gasteiger partial charge is 0.298 e. The van der Waals surface area contributed by atoms with Gasteiger partial charge in [0.05, 0.1) is 0 Å². The highest BCUT2D eigenvalue weighted by Gasteiger charge is 1.98. The molecule has 1 N–H and O–H groups in total. The Bertz CT molecular complexity index is 472. The third-order valence-electron chi connectivity index (χ3n) is 2.24. The largest absolute Gasteiger partial charge is 0.508 e. The molecule has 3 heteroatoms. The van der Waals surface area contributed by atoms with Crippen molar-refractivity contribution < 1.29 is 14.6 Å². The molecular formula is C13H10O3. The van der Waals surface area contributed by atoms with Crippen LogP contribution in [0.3, 0.4) is 0 Å². The number of rotatable bonds is 3. The molecule has 3 nitrogen and oxygen atoms in total. The van der Waals surface area contributed by atoms with Gasteiger partial charge in [-0.15, -0.1) is 0 Å². The lowest BCUT2D eigenvalue weighted by atomic mass is 10.1. The van der Waals surface area contributed by atoms with Gasteiger partial charge in [0.1, 0.15) is 11.5 Å². The van der Waals surface area contributed by atoms with E-state index in [9.17, 15) is 4.79 Å². The molecule has 0 spiro atoms. The lowest BCUT2D eigenvalue weighted by Crippen LogP contribution is -1.87. The van der Waals surface area contributed by atoms with Crippen molar-refractivity contribution in [2.75, 3.05) is 0 Å². The Labute approximate surface area is 92.9 Å². The number of phenolic OH excluding ortho intramolecular Hbond substituents is 1. The molecule has 0 heterocycles. The molecule has 0 saturated heterocycles. The summed E-state index contributed by atoms with van der Waals surface area (Å²) in [6.07, 6.45) is 0. The van der Waals surface area contributed by atoms with Crippen molar-refractivity contribution in [2.24, 2.45) is 0 Å². The Kier molecular flexibility index (Phi) is 2.87. The van der Waals surface area contributed by atoms with E-state index in [0.717, 1.165) is 11.1 Å². The quantitative estimate of drug-likeness (QED) is 0.799. The van der Waals surface area contributed by atoms with Gasteiger partial charge in [0, 0.05) is 0 Å². The third-order valence-corrected chi connectivity index (χ3v) is 2.24. The average molecular weight is 214 g/mol. The summed E-state index contributed by atoms with van der Waals surface area (Å²) in [5, 5.41) is 9.16. The molecule has 0 bridgehead atoms. The number of hydrogen-bond acceptors (Lipinski definition) is 3. The zero-order chi connectivity index (χ0) is 11.4. The molecule has 0 atom stereocenters. The Morgan fingerprint density at radius 1 is 0.875 bits per heavy atom. The van der Waals surface area contributed by atoms with Crippen LogP contribution in [-0.2, 0) is 4.79 Å². The van der Waals surface area contributed by atoms with Gasteiger partial charge in [0.25, 0.3) is 6.47 Å². The normalized spacial score (nSPS) is 9.75. The van der Waals surface area contributed by atoms with Crippen LogP contribution in [0, 0.1) is 0 Å². The second kappa shape index (κ2) is 4.49. The van der Waals surface area contributed by atoms with Crippen molar-refractivity contribution >= 4 is 6.47 Å². The lowest BCUT2D eigenvalue weighted by molar-refractivity contribution is -0.120. The van der Waals surface area contributed by atoms with E-state index in [4.69, 9.17) is 9.84 Å². The van der Waals surface area contributed by atoms with Crippen LogP contribution in [-0.4, -0.2) is 11.6 Å². The third kappa shape index (κ3) is 2.20. The highest BCUT2D eigenvalue weighted by molar-refractivity contribution is 5.65. The van der Waals surface area contributed by atoms with E-state index < -0.39 is 0 Å². The maximum absolute atomic E-state index is 10.1. The molecule has 0 aliphatic carbocycles. The predicted molar refractivity (Wildman–Crippen MR) is 60.2 cm³/mol. The second-order valence-electron chi connectivity index (χ2n) is 3.29. The number of phenols is 1. The van der Waals surface area contributed by atoms with E-state index in [1.54, 1.807) is 24.3 Å². The number of ether oxygens (including phenoxy) is 1. The van der Waals surface area contributed by atoms with E-state index in [0.29, 0.717) is 12.2 Å². The summed E-state index contributed by atoms with van der Waals surface area (Å²) in [6.45, 7) is 0.398. The molecule has 0 unspecified atom stereocenters. The molecule has 2 rings (SSSR count). The molecule has 0 saturated carbocycles. The van der Waals surface area contributed by atoms with Crippen LogP contribution in [0.25, 0.3) is 11.1 Å². The van der Waals surface area contributed by atoms with Crippen molar-refractivity contribution in [1.82, 2.24) is 0 Å². The maximum atomic E-state index is 10.1. The standard InChI is InChI=1S/C13H10O3/c14-9-16-13-7-3-11(4-8-13)10-1-5-12(15)6-2-10/h1-9,15H. The Balaban J connectivity index is 2.27.